The lowest BCUT2D eigenvalue weighted by Crippen LogP contribution is -1.96. The van der Waals surface area contributed by atoms with Crippen molar-refractivity contribution in [1.29, 1.82) is 0 Å². The molecule has 0 spiro atoms. The van der Waals surface area contributed by atoms with Crippen LogP contribution in [0.5, 0.6) is 0 Å². The Morgan fingerprint density at radius 3 is 1.88 bits per heavy atom. The molecule has 2 aromatic carbocycles. The first-order chi connectivity index (χ1) is 12.8. The molecule has 0 unspecified atom stereocenters. The van der Waals surface area contributed by atoms with Crippen LogP contribution in [0, 0.1) is 11.8 Å². The Bertz CT molecular complexity index is 680. The summed E-state index contributed by atoms with van der Waals surface area (Å²) in [4.78, 5) is 0. The molecule has 26 heavy (non-hydrogen) atoms. The summed E-state index contributed by atoms with van der Waals surface area (Å²) >= 11 is 0. The summed E-state index contributed by atoms with van der Waals surface area (Å²) in [6.07, 6.45) is 3.65. The van der Waals surface area contributed by atoms with Gasteiger partial charge in [-0.2, -0.15) is 0 Å². The van der Waals surface area contributed by atoms with E-state index in [-0.39, 0.29) is 0 Å². The van der Waals surface area contributed by atoms with E-state index in [1.54, 1.807) is 0 Å². The van der Waals surface area contributed by atoms with Crippen molar-refractivity contribution in [2.45, 2.75) is 38.9 Å². The molecule has 0 heterocycles. The average molecular weight is 348 g/mol. The average Bonchev–Trinajstić information content (AvgIpc) is 2.68. The zero-order chi connectivity index (χ0) is 18.3. The number of rotatable bonds is 11. The lowest BCUT2D eigenvalue weighted by molar-refractivity contribution is 0.119. The molecule has 136 valence electrons. The van der Waals surface area contributed by atoms with E-state index in [4.69, 9.17) is 9.47 Å². The van der Waals surface area contributed by atoms with E-state index in [9.17, 15) is 0 Å². The lowest BCUT2D eigenvalue weighted by Gasteiger charge is -2.04. The lowest BCUT2D eigenvalue weighted by atomic mass is 10.1. The van der Waals surface area contributed by atoms with E-state index in [0.29, 0.717) is 13.2 Å². The van der Waals surface area contributed by atoms with Crippen LogP contribution in [0.15, 0.2) is 72.8 Å². The van der Waals surface area contributed by atoms with Gasteiger partial charge in [-0.1, -0.05) is 79.1 Å². The Kier molecular flexibility index (Phi) is 9.94. The molecule has 0 saturated carbocycles. The van der Waals surface area contributed by atoms with E-state index in [1.165, 1.54) is 11.1 Å². The fourth-order valence-electron chi connectivity index (χ4n) is 2.43. The van der Waals surface area contributed by atoms with Crippen LogP contribution >= 0.6 is 0 Å². The van der Waals surface area contributed by atoms with Crippen LogP contribution in [0.1, 0.15) is 36.8 Å². The predicted octanol–water partition coefficient (Wildman–Crippen LogP) is 5.54. The quantitative estimate of drug-likeness (QED) is 0.392. The molecule has 0 saturated heterocycles. The molecular weight excluding hydrogens is 320 g/mol. The van der Waals surface area contributed by atoms with Gasteiger partial charge in [0, 0.05) is 19.6 Å². The molecule has 2 rings (SSSR count). The minimum absolute atomic E-state index is 0.669. The van der Waals surface area contributed by atoms with Gasteiger partial charge in [0.15, 0.2) is 0 Å². The molecule has 2 nitrogen and oxygen atoms in total. The summed E-state index contributed by atoms with van der Waals surface area (Å²) in [5.41, 5.74) is 3.40. The van der Waals surface area contributed by atoms with Crippen LogP contribution in [0.25, 0.3) is 0 Å². The summed E-state index contributed by atoms with van der Waals surface area (Å²) in [5.74, 6) is 6.32. The maximum Gasteiger partial charge on any atom is 0.0716 e. The molecule has 2 heteroatoms. The molecule has 0 fully saturated rings. The molecule has 0 atom stereocenters. The number of hydrogen-bond donors (Lipinski definition) is 0. The monoisotopic (exact) mass is 348 g/mol. The summed E-state index contributed by atoms with van der Waals surface area (Å²) < 4.78 is 11.3. The van der Waals surface area contributed by atoms with Crippen molar-refractivity contribution in [3.8, 4) is 11.8 Å². The van der Waals surface area contributed by atoms with E-state index < -0.39 is 0 Å². The van der Waals surface area contributed by atoms with Gasteiger partial charge in [0.2, 0.25) is 0 Å². The summed E-state index contributed by atoms with van der Waals surface area (Å²) in [6.45, 7) is 6.84. The van der Waals surface area contributed by atoms with Gasteiger partial charge in [-0.25, -0.2) is 0 Å². The number of ether oxygens (including phenoxy) is 2. The van der Waals surface area contributed by atoms with Crippen molar-refractivity contribution in [2.24, 2.45) is 0 Å². The van der Waals surface area contributed by atoms with Crippen molar-refractivity contribution in [1.82, 2.24) is 0 Å². The van der Waals surface area contributed by atoms with Gasteiger partial charge < -0.3 is 9.47 Å². The summed E-state index contributed by atoms with van der Waals surface area (Å²) in [5, 5.41) is 0. The predicted molar refractivity (Wildman–Crippen MR) is 108 cm³/mol. The second-order valence-corrected chi connectivity index (χ2v) is 6.19. The highest BCUT2D eigenvalue weighted by molar-refractivity contribution is 5.25. The van der Waals surface area contributed by atoms with Crippen molar-refractivity contribution < 1.29 is 9.47 Å². The van der Waals surface area contributed by atoms with E-state index >= 15 is 0 Å². The van der Waals surface area contributed by atoms with Gasteiger partial charge in [0.1, 0.15) is 0 Å². The molecule has 0 aliphatic heterocycles. The normalized spacial score (nSPS) is 10.2. The molecule has 2 aromatic rings. The highest BCUT2D eigenvalue weighted by Crippen LogP contribution is 2.05. The SMILES string of the molecule is C=C(C#CCCCOCc1ccccc1)CCCOCc1ccccc1. The first-order valence-electron chi connectivity index (χ1n) is 9.24. The van der Waals surface area contributed by atoms with Gasteiger partial charge in [0.05, 0.1) is 13.2 Å². The Morgan fingerprint density at radius 1 is 0.769 bits per heavy atom. The van der Waals surface area contributed by atoms with Crippen LogP contribution in [0.2, 0.25) is 0 Å². The van der Waals surface area contributed by atoms with Crippen molar-refractivity contribution >= 4 is 0 Å². The van der Waals surface area contributed by atoms with Gasteiger partial charge >= 0.3 is 0 Å². The van der Waals surface area contributed by atoms with E-state index in [1.807, 2.05) is 36.4 Å². The standard InChI is InChI=1S/C24H28O2/c1-22(13-11-19-26-21-24-16-8-3-9-17-24)12-5-4-10-18-25-20-23-14-6-2-7-15-23/h2-3,6-9,14-17H,1,4,10-11,13,18-21H2. The van der Waals surface area contributed by atoms with Crippen molar-refractivity contribution in [3.63, 3.8) is 0 Å². The summed E-state index contributed by atoms with van der Waals surface area (Å²) in [7, 11) is 0. The number of hydrogen-bond acceptors (Lipinski definition) is 2. The largest absolute Gasteiger partial charge is 0.377 e. The highest BCUT2D eigenvalue weighted by Gasteiger charge is 1.94. The molecule has 0 amide bonds. The third-order valence-corrected chi connectivity index (χ3v) is 3.85. The number of unbranched alkanes of at least 4 members (excludes halogenated alkanes) is 1. The minimum atomic E-state index is 0.669. The Hall–Kier alpha value is -2.34. The third kappa shape index (κ3) is 9.22. The Morgan fingerprint density at radius 2 is 1.31 bits per heavy atom. The maximum absolute atomic E-state index is 5.67. The number of allylic oxidation sites excluding steroid dienone is 1. The van der Waals surface area contributed by atoms with Crippen LogP contribution in [0.3, 0.4) is 0 Å². The molecule has 0 aromatic heterocycles. The molecule has 0 aliphatic carbocycles. The van der Waals surface area contributed by atoms with E-state index in [2.05, 4.69) is 42.7 Å². The van der Waals surface area contributed by atoms with E-state index in [0.717, 1.165) is 44.5 Å². The minimum Gasteiger partial charge on any atom is -0.377 e. The van der Waals surface area contributed by atoms with Gasteiger partial charge in [0.25, 0.3) is 0 Å². The fraction of sp³-hybridized carbons (Fsp3) is 0.333. The molecule has 0 radical (unpaired) electrons. The van der Waals surface area contributed by atoms with Crippen molar-refractivity contribution in [3.05, 3.63) is 83.9 Å². The molecular formula is C24H28O2. The smallest absolute Gasteiger partial charge is 0.0716 e. The zero-order valence-corrected chi connectivity index (χ0v) is 15.5. The molecule has 0 N–H and O–H groups in total. The first-order valence-corrected chi connectivity index (χ1v) is 9.24. The van der Waals surface area contributed by atoms with Crippen LogP contribution in [-0.4, -0.2) is 13.2 Å². The maximum atomic E-state index is 5.67. The fourth-order valence-corrected chi connectivity index (χ4v) is 2.43. The third-order valence-electron chi connectivity index (χ3n) is 3.85. The second kappa shape index (κ2) is 12.9. The second-order valence-electron chi connectivity index (χ2n) is 6.19. The topological polar surface area (TPSA) is 18.5 Å². The van der Waals surface area contributed by atoms with Gasteiger partial charge in [-0.15, -0.1) is 0 Å². The molecule has 0 aliphatic rings. The first kappa shape index (κ1) is 20.0. The van der Waals surface area contributed by atoms with Crippen molar-refractivity contribution in [2.75, 3.05) is 13.2 Å². The highest BCUT2D eigenvalue weighted by atomic mass is 16.5. The van der Waals surface area contributed by atoms with Crippen LogP contribution in [-0.2, 0) is 22.7 Å². The molecule has 0 bridgehead atoms. The van der Waals surface area contributed by atoms with Crippen LogP contribution in [0.4, 0.5) is 0 Å². The summed E-state index contributed by atoms with van der Waals surface area (Å²) in [6, 6.07) is 20.5. The van der Waals surface area contributed by atoms with Gasteiger partial charge in [-0.3, -0.25) is 0 Å². The Labute approximate surface area is 157 Å². The Balaban J connectivity index is 1.44. The van der Waals surface area contributed by atoms with Gasteiger partial charge in [-0.05, 0) is 36.0 Å². The van der Waals surface area contributed by atoms with Crippen LogP contribution < -0.4 is 0 Å². The number of benzene rings is 2. The zero-order valence-electron chi connectivity index (χ0n) is 15.5.